The van der Waals surface area contributed by atoms with Crippen LogP contribution in [-0.4, -0.2) is 41.9 Å². The number of carbonyl (C=O) groups excluding carboxylic acids is 1. The molecule has 1 amide bonds. The molecule has 0 saturated heterocycles. The predicted molar refractivity (Wildman–Crippen MR) is 94.2 cm³/mol. The zero-order valence-corrected chi connectivity index (χ0v) is 14.3. The van der Waals surface area contributed by atoms with Crippen LogP contribution in [0.2, 0.25) is 5.02 Å². The van der Waals surface area contributed by atoms with Gasteiger partial charge < -0.3 is 16.0 Å². The van der Waals surface area contributed by atoms with Gasteiger partial charge in [-0.3, -0.25) is 4.79 Å². The number of hydrogen-bond acceptors (Lipinski definition) is 4. The van der Waals surface area contributed by atoms with Crippen molar-refractivity contribution in [1.29, 1.82) is 0 Å². The minimum atomic E-state index is -0.0145. The van der Waals surface area contributed by atoms with Crippen LogP contribution in [0, 0.1) is 0 Å². The molecule has 0 unspecified atom stereocenters. The van der Waals surface area contributed by atoms with E-state index in [2.05, 4.69) is 24.1 Å². The molecule has 21 heavy (non-hydrogen) atoms. The highest BCUT2D eigenvalue weighted by atomic mass is 35.5. The van der Waals surface area contributed by atoms with Crippen LogP contribution in [0.25, 0.3) is 0 Å². The molecule has 0 spiro atoms. The van der Waals surface area contributed by atoms with Crippen molar-refractivity contribution in [3.63, 3.8) is 0 Å². The molecule has 1 aromatic rings. The van der Waals surface area contributed by atoms with Crippen molar-refractivity contribution in [3.8, 4) is 0 Å². The second-order valence-electron chi connectivity index (χ2n) is 4.67. The minimum absolute atomic E-state index is 0.0145. The predicted octanol–water partition coefficient (Wildman–Crippen LogP) is 3.33. The summed E-state index contributed by atoms with van der Waals surface area (Å²) in [4.78, 5) is 14.2. The highest BCUT2D eigenvalue weighted by Gasteiger charge is 2.06. The third kappa shape index (κ3) is 7.07. The number of nitrogens with one attached hydrogen (secondary N) is 1. The third-order valence-corrected chi connectivity index (χ3v) is 4.41. The molecule has 0 fully saturated rings. The molecule has 0 saturated carbocycles. The lowest BCUT2D eigenvalue weighted by Crippen LogP contribution is -2.25. The Hall–Kier alpha value is -0.910. The van der Waals surface area contributed by atoms with E-state index in [0.29, 0.717) is 22.8 Å². The van der Waals surface area contributed by atoms with Gasteiger partial charge in [0.1, 0.15) is 0 Å². The number of thioether (sulfide) groups is 1. The lowest BCUT2D eigenvalue weighted by Gasteiger charge is -2.17. The summed E-state index contributed by atoms with van der Waals surface area (Å²) in [6.07, 6.45) is 0.491. The van der Waals surface area contributed by atoms with Crippen LogP contribution in [0.5, 0.6) is 0 Å². The Morgan fingerprint density at radius 1 is 1.33 bits per heavy atom. The van der Waals surface area contributed by atoms with Crippen LogP contribution in [0.1, 0.15) is 20.3 Å². The van der Waals surface area contributed by atoms with Crippen molar-refractivity contribution in [3.05, 3.63) is 23.2 Å². The number of halogens is 1. The van der Waals surface area contributed by atoms with Gasteiger partial charge in [-0.25, -0.2) is 0 Å². The Kier molecular flexibility index (Phi) is 8.57. The summed E-state index contributed by atoms with van der Waals surface area (Å²) in [6.45, 7) is 7.56. The zero-order chi connectivity index (χ0) is 15.7. The molecule has 118 valence electrons. The van der Waals surface area contributed by atoms with Crippen molar-refractivity contribution in [1.82, 2.24) is 4.90 Å². The Balaban J connectivity index is 2.22. The number of rotatable bonds is 9. The van der Waals surface area contributed by atoms with Gasteiger partial charge in [0.25, 0.3) is 0 Å². The van der Waals surface area contributed by atoms with Crippen LogP contribution in [0.4, 0.5) is 11.4 Å². The van der Waals surface area contributed by atoms with Gasteiger partial charge in [0, 0.05) is 29.5 Å². The highest BCUT2D eigenvalue weighted by molar-refractivity contribution is 7.99. The molecule has 0 radical (unpaired) electrons. The fourth-order valence-electron chi connectivity index (χ4n) is 1.86. The van der Waals surface area contributed by atoms with Crippen molar-refractivity contribution < 1.29 is 4.79 Å². The van der Waals surface area contributed by atoms with Gasteiger partial charge >= 0.3 is 0 Å². The number of amides is 1. The average Bonchev–Trinajstić information content (AvgIpc) is 2.46. The minimum Gasteiger partial charge on any atom is -0.397 e. The van der Waals surface area contributed by atoms with Crippen molar-refractivity contribution in [2.24, 2.45) is 0 Å². The smallest absolute Gasteiger partial charge is 0.225 e. The summed E-state index contributed by atoms with van der Waals surface area (Å²) in [6, 6.07) is 5.07. The first-order chi connectivity index (χ1) is 10.1. The van der Waals surface area contributed by atoms with Crippen LogP contribution in [0.3, 0.4) is 0 Å². The summed E-state index contributed by atoms with van der Waals surface area (Å²) in [5.41, 5.74) is 6.91. The first-order valence-electron chi connectivity index (χ1n) is 7.21. The summed E-state index contributed by atoms with van der Waals surface area (Å²) < 4.78 is 0. The summed E-state index contributed by atoms with van der Waals surface area (Å²) in [7, 11) is 0. The third-order valence-electron chi connectivity index (χ3n) is 3.21. The molecular weight excluding hydrogens is 306 g/mol. The summed E-state index contributed by atoms with van der Waals surface area (Å²) >= 11 is 7.62. The topological polar surface area (TPSA) is 58.4 Å². The molecule has 0 aliphatic rings. The number of benzene rings is 1. The molecule has 0 aliphatic carbocycles. The fourth-order valence-corrected chi connectivity index (χ4v) is 2.96. The number of nitrogens with zero attached hydrogens (tertiary/aromatic N) is 1. The quantitative estimate of drug-likeness (QED) is 0.539. The first kappa shape index (κ1) is 18.1. The second-order valence-corrected chi connectivity index (χ2v) is 6.33. The van der Waals surface area contributed by atoms with Crippen LogP contribution < -0.4 is 11.1 Å². The lowest BCUT2D eigenvalue weighted by atomic mass is 10.2. The Bertz CT molecular complexity index is 453. The summed E-state index contributed by atoms with van der Waals surface area (Å²) in [5.74, 6) is 1.86. The monoisotopic (exact) mass is 329 g/mol. The van der Waals surface area contributed by atoms with E-state index < -0.39 is 0 Å². The molecule has 3 N–H and O–H groups in total. The molecule has 1 rings (SSSR count). The lowest BCUT2D eigenvalue weighted by molar-refractivity contribution is -0.115. The number of nitrogens with two attached hydrogens (primary N) is 1. The maximum absolute atomic E-state index is 11.8. The molecule has 6 heteroatoms. The van der Waals surface area contributed by atoms with Gasteiger partial charge in [-0.05, 0) is 31.3 Å². The normalized spacial score (nSPS) is 10.9. The molecule has 4 nitrogen and oxygen atoms in total. The largest absolute Gasteiger partial charge is 0.397 e. The molecular formula is C15H24ClN3OS. The van der Waals surface area contributed by atoms with Crippen molar-refractivity contribution in [2.45, 2.75) is 20.3 Å². The molecule has 0 atom stereocenters. The molecule has 1 aromatic carbocycles. The Labute approximate surface area is 136 Å². The number of carbonyl (C=O) groups is 1. The molecule has 0 aromatic heterocycles. The van der Waals surface area contributed by atoms with E-state index in [1.807, 2.05) is 0 Å². The standard InChI is InChI=1S/C15H24ClN3OS/c1-3-19(4-2)8-10-21-9-7-15(20)18-14-6-5-12(16)11-13(14)17/h5-6,11H,3-4,7-10,17H2,1-2H3,(H,18,20). The second kappa shape index (κ2) is 9.92. The number of anilines is 2. The van der Waals surface area contributed by atoms with E-state index in [-0.39, 0.29) is 5.91 Å². The van der Waals surface area contributed by atoms with Crippen LogP contribution in [0.15, 0.2) is 18.2 Å². The van der Waals surface area contributed by atoms with E-state index in [1.54, 1.807) is 30.0 Å². The Morgan fingerprint density at radius 3 is 2.67 bits per heavy atom. The van der Waals surface area contributed by atoms with Gasteiger partial charge in [0.15, 0.2) is 0 Å². The maximum atomic E-state index is 11.8. The van der Waals surface area contributed by atoms with Gasteiger partial charge in [0.05, 0.1) is 11.4 Å². The zero-order valence-electron chi connectivity index (χ0n) is 12.7. The van der Waals surface area contributed by atoms with E-state index in [1.165, 1.54) is 0 Å². The van der Waals surface area contributed by atoms with Gasteiger partial charge in [-0.15, -0.1) is 0 Å². The molecule has 0 aliphatic heterocycles. The van der Waals surface area contributed by atoms with Gasteiger partial charge in [-0.2, -0.15) is 11.8 Å². The van der Waals surface area contributed by atoms with Crippen molar-refractivity contribution in [2.75, 3.05) is 42.2 Å². The highest BCUT2D eigenvalue weighted by Crippen LogP contribution is 2.22. The number of hydrogen-bond donors (Lipinski definition) is 2. The van der Waals surface area contributed by atoms with Gasteiger partial charge in [-0.1, -0.05) is 25.4 Å². The summed E-state index contributed by atoms with van der Waals surface area (Å²) in [5, 5.41) is 3.38. The van der Waals surface area contributed by atoms with Crippen LogP contribution >= 0.6 is 23.4 Å². The maximum Gasteiger partial charge on any atom is 0.225 e. The van der Waals surface area contributed by atoms with E-state index in [0.717, 1.165) is 31.1 Å². The van der Waals surface area contributed by atoms with Crippen LogP contribution in [-0.2, 0) is 4.79 Å². The van der Waals surface area contributed by atoms with Gasteiger partial charge in [0.2, 0.25) is 5.91 Å². The molecule has 0 heterocycles. The Morgan fingerprint density at radius 2 is 2.05 bits per heavy atom. The molecule has 0 bridgehead atoms. The van der Waals surface area contributed by atoms with Crippen molar-refractivity contribution >= 4 is 40.6 Å². The fraction of sp³-hybridized carbons (Fsp3) is 0.533. The SMILES string of the molecule is CCN(CC)CCSCCC(=O)Nc1ccc(Cl)cc1N. The van der Waals surface area contributed by atoms with E-state index >= 15 is 0 Å². The average molecular weight is 330 g/mol. The van der Waals surface area contributed by atoms with E-state index in [9.17, 15) is 4.79 Å². The number of nitrogen functional groups attached to an aromatic ring is 1. The van der Waals surface area contributed by atoms with E-state index in [4.69, 9.17) is 17.3 Å². The first-order valence-corrected chi connectivity index (χ1v) is 8.75.